The fourth-order valence-electron chi connectivity index (χ4n) is 2.53. The number of carbonyl (C=O) groups is 1. The largest absolute Gasteiger partial charge is 0.476 e. The van der Waals surface area contributed by atoms with Crippen LogP contribution >= 0.6 is 0 Å². The summed E-state index contributed by atoms with van der Waals surface area (Å²) >= 11 is 0. The Morgan fingerprint density at radius 1 is 1.32 bits per heavy atom. The molecule has 0 amide bonds. The number of nitrogens with one attached hydrogen (secondary N) is 1. The zero-order valence-electron chi connectivity index (χ0n) is 11.7. The monoisotopic (exact) mass is 302 g/mol. The van der Waals surface area contributed by atoms with Gasteiger partial charge in [-0.05, 0) is 18.6 Å². The first-order valence-electron chi connectivity index (χ1n) is 6.95. The maximum absolute atomic E-state index is 13.8. The molecule has 1 unspecified atom stereocenters. The van der Waals surface area contributed by atoms with Crippen molar-refractivity contribution < 1.29 is 14.3 Å². The van der Waals surface area contributed by atoms with Gasteiger partial charge in [0, 0.05) is 19.1 Å². The molecule has 0 bridgehead atoms. The lowest BCUT2D eigenvalue weighted by Gasteiger charge is -2.19. The minimum absolute atomic E-state index is 0.0926. The highest BCUT2D eigenvalue weighted by Crippen LogP contribution is 2.24. The Labute approximate surface area is 126 Å². The van der Waals surface area contributed by atoms with E-state index in [1.807, 2.05) is 11.0 Å². The molecule has 22 heavy (non-hydrogen) atoms. The molecule has 2 heterocycles. The van der Waals surface area contributed by atoms with Gasteiger partial charge in [0.25, 0.3) is 0 Å². The van der Waals surface area contributed by atoms with Crippen LogP contribution in [-0.2, 0) is 0 Å². The van der Waals surface area contributed by atoms with E-state index in [9.17, 15) is 9.18 Å². The van der Waals surface area contributed by atoms with E-state index >= 15 is 0 Å². The minimum atomic E-state index is -1.11. The summed E-state index contributed by atoms with van der Waals surface area (Å²) in [4.78, 5) is 20.5. The first-order valence-corrected chi connectivity index (χ1v) is 6.95. The van der Waals surface area contributed by atoms with Crippen molar-refractivity contribution in [1.29, 1.82) is 0 Å². The molecular formula is C15H15FN4O2. The van der Waals surface area contributed by atoms with Crippen LogP contribution in [0.15, 0.2) is 36.7 Å². The van der Waals surface area contributed by atoms with Gasteiger partial charge in [0.05, 0.1) is 18.1 Å². The third-order valence-corrected chi connectivity index (χ3v) is 3.60. The van der Waals surface area contributed by atoms with Gasteiger partial charge >= 0.3 is 5.97 Å². The molecule has 1 aliphatic rings. The van der Waals surface area contributed by atoms with E-state index in [2.05, 4.69) is 15.3 Å². The Kier molecular flexibility index (Phi) is 3.86. The lowest BCUT2D eigenvalue weighted by Crippen LogP contribution is -2.27. The second-order valence-electron chi connectivity index (χ2n) is 5.12. The van der Waals surface area contributed by atoms with Crippen LogP contribution in [0.25, 0.3) is 0 Å². The molecule has 1 atom stereocenters. The van der Waals surface area contributed by atoms with Crippen molar-refractivity contribution in [1.82, 2.24) is 9.97 Å². The van der Waals surface area contributed by atoms with Crippen molar-refractivity contribution >= 4 is 17.5 Å². The fraction of sp³-hybridized carbons (Fsp3) is 0.267. The molecular weight excluding hydrogens is 287 g/mol. The molecule has 0 aliphatic carbocycles. The van der Waals surface area contributed by atoms with E-state index in [1.54, 1.807) is 12.1 Å². The Bertz CT molecular complexity index is 677. The van der Waals surface area contributed by atoms with Crippen molar-refractivity contribution in [2.75, 3.05) is 23.3 Å². The molecule has 7 heteroatoms. The van der Waals surface area contributed by atoms with Gasteiger partial charge in [0.2, 0.25) is 0 Å². The maximum Gasteiger partial charge on any atom is 0.356 e. The number of halogens is 1. The number of hydrogen-bond donors (Lipinski definition) is 2. The number of aromatic carboxylic acids is 1. The molecule has 2 aromatic rings. The minimum Gasteiger partial charge on any atom is -0.476 e. The van der Waals surface area contributed by atoms with Crippen molar-refractivity contribution in [3.63, 3.8) is 0 Å². The Hall–Kier alpha value is -2.70. The SMILES string of the molecule is O=C(O)c1cnc(NC2CCN(c3ccccc3F)C2)cn1. The fourth-order valence-corrected chi connectivity index (χ4v) is 2.53. The van der Waals surface area contributed by atoms with E-state index in [4.69, 9.17) is 5.11 Å². The molecule has 1 saturated heterocycles. The second kappa shape index (κ2) is 5.97. The molecule has 1 aromatic carbocycles. The van der Waals surface area contributed by atoms with Gasteiger partial charge in [0.1, 0.15) is 11.6 Å². The van der Waals surface area contributed by atoms with Crippen LogP contribution in [0.4, 0.5) is 15.9 Å². The van der Waals surface area contributed by atoms with Crippen molar-refractivity contribution in [3.8, 4) is 0 Å². The van der Waals surface area contributed by atoms with E-state index in [0.717, 1.165) is 13.0 Å². The van der Waals surface area contributed by atoms with Gasteiger partial charge < -0.3 is 15.3 Å². The van der Waals surface area contributed by atoms with Crippen LogP contribution in [0.1, 0.15) is 16.9 Å². The highest BCUT2D eigenvalue weighted by Gasteiger charge is 2.24. The number of benzene rings is 1. The molecule has 1 aromatic heterocycles. The van der Waals surface area contributed by atoms with Crippen LogP contribution in [0, 0.1) is 5.82 Å². The predicted octanol–water partition coefficient (Wildman–Crippen LogP) is 2.00. The van der Waals surface area contributed by atoms with Crippen LogP contribution in [0.5, 0.6) is 0 Å². The van der Waals surface area contributed by atoms with Crippen molar-refractivity contribution in [2.45, 2.75) is 12.5 Å². The molecule has 0 radical (unpaired) electrons. The smallest absolute Gasteiger partial charge is 0.356 e. The van der Waals surface area contributed by atoms with E-state index in [0.29, 0.717) is 18.1 Å². The van der Waals surface area contributed by atoms with E-state index in [1.165, 1.54) is 18.5 Å². The zero-order valence-corrected chi connectivity index (χ0v) is 11.7. The average Bonchev–Trinajstić information content (AvgIpc) is 2.96. The van der Waals surface area contributed by atoms with Gasteiger partial charge in [0.15, 0.2) is 5.69 Å². The quantitative estimate of drug-likeness (QED) is 0.899. The molecule has 3 rings (SSSR count). The Morgan fingerprint density at radius 3 is 2.82 bits per heavy atom. The van der Waals surface area contributed by atoms with Crippen LogP contribution in [0.2, 0.25) is 0 Å². The predicted molar refractivity (Wildman–Crippen MR) is 79.6 cm³/mol. The number of carboxylic acid groups (broad SMARTS) is 1. The lowest BCUT2D eigenvalue weighted by molar-refractivity contribution is 0.0690. The highest BCUT2D eigenvalue weighted by molar-refractivity contribution is 5.84. The molecule has 1 fully saturated rings. The molecule has 2 N–H and O–H groups in total. The van der Waals surface area contributed by atoms with Gasteiger partial charge in [-0.2, -0.15) is 0 Å². The summed E-state index contributed by atoms with van der Waals surface area (Å²) in [6.07, 6.45) is 3.46. The summed E-state index contributed by atoms with van der Waals surface area (Å²) in [6, 6.07) is 6.81. The number of nitrogens with zero attached hydrogens (tertiary/aromatic N) is 3. The summed E-state index contributed by atoms with van der Waals surface area (Å²) in [6.45, 7) is 1.41. The number of hydrogen-bond acceptors (Lipinski definition) is 5. The number of aromatic nitrogens is 2. The van der Waals surface area contributed by atoms with Crippen molar-refractivity contribution in [2.24, 2.45) is 0 Å². The van der Waals surface area contributed by atoms with Gasteiger partial charge in [-0.1, -0.05) is 12.1 Å². The standard InChI is InChI=1S/C15H15FN4O2/c16-11-3-1-2-4-13(11)20-6-5-10(9-20)19-14-8-17-12(7-18-14)15(21)22/h1-4,7-8,10H,5-6,9H2,(H,18,19)(H,21,22). The second-order valence-corrected chi connectivity index (χ2v) is 5.12. The topological polar surface area (TPSA) is 78.3 Å². The summed E-state index contributed by atoms with van der Waals surface area (Å²) in [5.41, 5.74) is 0.504. The normalized spacial score (nSPS) is 17.5. The molecule has 6 nitrogen and oxygen atoms in total. The summed E-state index contributed by atoms with van der Waals surface area (Å²) < 4.78 is 13.8. The molecule has 114 valence electrons. The Morgan fingerprint density at radius 2 is 2.14 bits per heavy atom. The number of rotatable bonds is 4. The molecule has 1 aliphatic heterocycles. The molecule has 0 saturated carbocycles. The first kappa shape index (κ1) is 14.2. The lowest BCUT2D eigenvalue weighted by atomic mass is 10.2. The van der Waals surface area contributed by atoms with Gasteiger partial charge in [-0.25, -0.2) is 19.2 Å². The third kappa shape index (κ3) is 2.98. The van der Waals surface area contributed by atoms with E-state index < -0.39 is 5.97 Å². The summed E-state index contributed by atoms with van der Waals surface area (Å²) in [7, 11) is 0. The van der Waals surface area contributed by atoms with Crippen LogP contribution < -0.4 is 10.2 Å². The maximum atomic E-state index is 13.8. The highest BCUT2D eigenvalue weighted by atomic mass is 19.1. The average molecular weight is 302 g/mol. The number of carboxylic acids is 1. The number of anilines is 2. The Balaban J connectivity index is 1.63. The van der Waals surface area contributed by atoms with Crippen LogP contribution in [-0.4, -0.2) is 40.2 Å². The zero-order chi connectivity index (χ0) is 15.5. The summed E-state index contributed by atoms with van der Waals surface area (Å²) in [5.74, 6) is -0.815. The van der Waals surface area contributed by atoms with E-state index in [-0.39, 0.29) is 17.6 Å². The van der Waals surface area contributed by atoms with Crippen molar-refractivity contribution in [3.05, 3.63) is 48.2 Å². The molecule has 0 spiro atoms. The third-order valence-electron chi connectivity index (χ3n) is 3.60. The van der Waals surface area contributed by atoms with Gasteiger partial charge in [-0.3, -0.25) is 0 Å². The number of para-hydroxylation sites is 1. The summed E-state index contributed by atoms with van der Waals surface area (Å²) in [5, 5.41) is 12.0. The first-order chi connectivity index (χ1) is 10.6. The van der Waals surface area contributed by atoms with Gasteiger partial charge in [-0.15, -0.1) is 0 Å². The van der Waals surface area contributed by atoms with Crippen LogP contribution in [0.3, 0.4) is 0 Å².